The van der Waals surface area contributed by atoms with Gasteiger partial charge in [-0.3, -0.25) is 0 Å². The van der Waals surface area contributed by atoms with E-state index in [1.54, 1.807) is 6.33 Å². The second-order valence-electron chi connectivity index (χ2n) is 10.1. The van der Waals surface area contributed by atoms with Gasteiger partial charge in [-0.2, -0.15) is 9.97 Å². The van der Waals surface area contributed by atoms with Crippen molar-refractivity contribution >= 4 is 53.4 Å². The lowest BCUT2D eigenvalue weighted by atomic mass is 10.2. The molecule has 3 heterocycles. The number of nitrogen functional groups attached to an aromatic ring is 2. The predicted octanol–water partition coefficient (Wildman–Crippen LogP) is 3.96. The first-order valence-corrected chi connectivity index (χ1v) is 14.8. The van der Waals surface area contributed by atoms with Gasteiger partial charge in [-0.1, -0.05) is 81.4 Å². The lowest BCUT2D eigenvalue weighted by Crippen LogP contribution is -2.67. The van der Waals surface area contributed by atoms with E-state index in [-0.39, 0.29) is 16.4 Å². The first-order valence-electron chi connectivity index (χ1n) is 12.0. The van der Waals surface area contributed by atoms with E-state index in [0.717, 1.165) is 12.8 Å². The highest BCUT2D eigenvalue weighted by Crippen LogP contribution is 2.44. The van der Waals surface area contributed by atoms with Crippen LogP contribution in [0.2, 0.25) is 5.04 Å². The molecule has 0 aliphatic carbocycles. The van der Waals surface area contributed by atoms with E-state index in [4.69, 9.17) is 15.9 Å². The summed E-state index contributed by atoms with van der Waals surface area (Å²) in [5.41, 5.74) is 13.2. The molecule has 1 aliphatic rings. The fraction of sp³-hybridized carbons (Fsp3) is 0.346. The fourth-order valence-corrected chi connectivity index (χ4v) is 11.3. The summed E-state index contributed by atoms with van der Waals surface area (Å²) in [6.45, 7) is 7.64. The Morgan fingerprint density at radius 2 is 1.60 bits per heavy atom. The van der Waals surface area contributed by atoms with E-state index in [1.165, 1.54) is 10.4 Å². The predicted molar refractivity (Wildman–Crippen MR) is 147 cm³/mol. The summed E-state index contributed by atoms with van der Waals surface area (Å²) < 4.78 is 9.25. The van der Waals surface area contributed by atoms with Crippen LogP contribution in [0.5, 0.6) is 0 Å². The number of hydrogen-bond donors (Lipinski definition) is 2. The van der Waals surface area contributed by atoms with Crippen molar-refractivity contribution in [3.63, 3.8) is 0 Å². The third-order valence-electron chi connectivity index (χ3n) is 6.76. The van der Waals surface area contributed by atoms with Crippen molar-refractivity contribution in [2.45, 2.75) is 49.3 Å². The molecule has 0 bridgehead atoms. The van der Waals surface area contributed by atoms with Crippen LogP contribution in [0, 0.1) is 0 Å². The Bertz CT molecular complexity index is 1270. The minimum absolute atomic E-state index is 0.0368. The van der Waals surface area contributed by atoms with Gasteiger partial charge in [0.25, 0.3) is 8.32 Å². The third-order valence-corrected chi connectivity index (χ3v) is 13.3. The van der Waals surface area contributed by atoms with Crippen molar-refractivity contribution in [2.75, 3.05) is 18.1 Å². The Balaban J connectivity index is 1.42. The highest BCUT2D eigenvalue weighted by Gasteiger charge is 2.50. The van der Waals surface area contributed by atoms with Crippen LogP contribution in [-0.4, -0.2) is 39.7 Å². The Kier molecular flexibility index (Phi) is 6.33. The molecule has 4 N–H and O–H groups in total. The molecule has 2 aromatic carbocycles. The molecule has 35 heavy (non-hydrogen) atoms. The zero-order chi connectivity index (χ0) is 24.6. The number of nitrogens with two attached hydrogens (primary N) is 2. The first-order chi connectivity index (χ1) is 16.8. The molecular weight excluding hydrogens is 472 g/mol. The number of anilines is 2. The van der Waals surface area contributed by atoms with Gasteiger partial charge in [-0.05, 0) is 28.3 Å². The lowest BCUT2D eigenvalue weighted by Gasteiger charge is -2.43. The molecule has 2 atom stereocenters. The molecule has 182 valence electrons. The van der Waals surface area contributed by atoms with E-state index in [0.29, 0.717) is 28.8 Å². The van der Waals surface area contributed by atoms with Gasteiger partial charge in [-0.15, -0.1) is 11.8 Å². The van der Waals surface area contributed by atoms with E-state index >= 15 is 0 Å². The van der Waals surface area contributed by atoms with Crippen molar-refractivity contribution in [1.82, 2.24) is 19.5 Å². The molecule has 0 spiro atoms. The second kappa shape index (κ2) is 9.29. The molecule has 1 aliphatic heterocycles. The maximum absolute atomic E-state index is 7.17. The molecule has 5 rings (SSSR count). The Hall–Kier alpha value is -2.88. The minimum Gasteiger partial charge on any atom is -0.406 e. The van der Waals surface area contributed by atoms with Gasteiger partial charge in [0, 0.05) is 11.9 Å². The van der Waals surface area contributed by atoms with Crippen molar-refractivity contribution in [1.29, 1.82) is 0 Å². The van der Waals surface area contributed by atoms with Crippen LogP contribution in [0.15, 0.2) is 67.0 Å². The number of imidazole rings is 1. The van der Waals surface area contributed by atoms with E-state index in [9.17, 15) is 0 Å². The van der Waals surface area contributed by atoms with E-state index < -0.39 is 8.32 Å². The molecule has 1 fully saturated rings. The van der Waals surface area contributed by atoms with Crippen molar-refractivity contribution in [2.24, 2.45) is 0 Å². The van der Waals surface area contributed by atoms with Gasteiger partial charge >= 0.3 is 0 Å². The summed E-state index contributed by atoms with van der Waals surface area (Å²) in [7, 11) is -2.55. The minimum atomic E-state index is -2.55. The van der Waals surface area contributed by atoms with Crippen LogP contribution in [0.3, 0.4) is 0 Å². The quantitative estimate of drug-likeness (QED) is 0.383. The highest BCUT2D eigenvalue weighted by molar-refractivity contribution is 8.00. The molecule has 0 unspecified atom stereocenters. The van der Waals surface area contributed by atoms with Crippen LogP contribution in [0.25, 0.3) is 11.2 Å². The van der Waals surface area contributed by atoms with Gasteiger partial charge in [0.2, 0.25) is 5.95 Å². The smallest absolute Gasteiger partial charge is 0.261 e. The maximum Gasteiger partial charge on any atom is 0.261 e. The molecule has 2 aromatic heterocycles. The van der Waals surface area contributed by atoms with Gasteiger partial charge in [0.15, 0.2) is 11.5 Å². The Labute approximate surface area is 211 Å². The molecular formula is C26H32N6OSSi. The van der Waals surface area contributed by atoms with Gasteiger partial charge < -0.3 is 20.5 Å². The van der Waals surface area contributed by atoms with Crippen LogP contribution in [-0.2, 0) is 4.43 Å². The molecule has 7 nitrogen and oxygen atoms in total. The van der Waals surface area contributed by atoms with Gasteiger partial charge in [0.05, 0.1) is 11.7 Å². The highest BCUT2D eigenvalue weighted by atomic mass is 32.2. The molecule has 1 saturated heterocycles. The van der Waals surface area contributed by atoms with Crippen LogP contribution in [0.4, 0.5) is 11.8 Å². The monoisotopic (exact) mass is 504 g/mol. The number of benzene rings is 2. The standard InChI is InChI=1S/C26H32N6OSSi/c1-26(2,3)35(19-10-6-4-7-11-19,20-12-8-5-9-13-20)33-16-18-14-15-21(34-18)32-17-29-22-23(27)30-25(28)31-24(22)32/h4-13,17-18,21H,14-16H2,1-3H3,(H4,27,28,30,31)/t18-,21+/m0/s1. The normalized spacial score (nSPS) is 18.8. The zero-order valence-electron chi connectivity index (χ0n) is 20.4. The van der Waals surface area contributed by atoms with Gasteiger partial charge in [-0.25, -0.2) is 4.98 Å². The van der Waals surface area contributed by atoms with Crippen molar-refractivity contribution in [3.8, 4) is 0 Å². The molecule has 0 amide bonds. The number of thioether (sulfide) groups is 1. The van der Waals surface area contributed by atoms with Gasteiger partial charge in [0.1, 0.15) is 5.52 Å². The average molecular weight is 505 g/mol. The molecule has 9 heteroatoms. The largest absolute Gasteiger partial charge is 0.406 e. The number of fused-ring (bicyclic) bond motifs is 1. The lowest BCUT2D eigenvalue weighted by molar-refractivity contribution is 0.295. The molecule has 0 saturated carbocycles. The summed E-state index contributed by atoms with van der Waals surface area (Å²) in [5, 5.41) is 3.16. The van der Waals surface area contributed by atoms with Crippen LogP contribution < -0.4 is 21.8 Å². The third kappa shape index (κ3) is 4.32. The summed E-state index contributed by atoms with van der Waals surface area (Å²) in [6.07, 6.45) is 3.87. The Morgan fingerprint density at radius 1 is 0.971 bits per heavy atom. The SMILES string of the molecule is CC(C)(C)[Si](OC[C@@H]1CC[C@H](n2cnc3c(N)nc(N)nc32)S1)(c1ccccc1)c1ccccc1. The topological polar surface area (TPSA) is 105 Å². The number of hydrogen-bond acceptors (Lipinski definition) is 7. The second-order valence-corrected chi connectivity index (χ2v) is 15.8. The van der Waals surface area contributed by atoms with Crippen molar-refractivity contribution in [3.05, 3.63) is 67.0 Å². The average Bonchev–Trinajstić information content (AvgIpc) is 3.47. The molecule has 0 radical (unpaired) electrons. The van der Waals surface area contributed by atoms with Crippen LogP contribution in [0.1, 0.15) is 39.0 Å². The number of aromatic nitrogens is 4. The van der Waals surface area contributed by atoms with E-state index in [1.807, 2.05) is 11.8 Å². The Morgan fingerprint density at radius 3 is 2.20 bits per heavy atom. The first kappa shape index (κ1) is 23.8. The van der Waals surface area contributed by atoms with E-state index in [2.05, 4.69) is 101 Å². The van der Waals surface area contributed by atoms with Crippen LogP contribution >= 0.6 is 11.8 Å². The van der Waals surface area contributed by atoms with Crippen molar-refractivity contribution < 1.29 is 4.43 Å². The zero-order valence-corrected chi connectivity index (χ0v) is 22.2. The summed E-state index contributed by atoms with van der Waals surface area (Å²) in [4.78, 5) is 12.9. The molecule has 4 aromatic rings. The number of rotatable bonds is 6. The fourth-order valence-electron chi connectivity index (χ4n) is 5.16. The maximum atomic E-state index is 7.17. The number of nitrogens with zero attached hydrogens (tertiary/aromatic N) is 4. The summed E-state index contributed by atoms with van der Waals surface area (Å²) in [5.74, 6) is 0.493. The summed E-state index contributed by atoms with van der Waals surface area (Å²) in [6, 6.07) is 21.6. The summed E-state index contributed by atoms with van der Waals surface area (Å²) >= 11 is 1.91.